The van der Waals surface area contributed by atoms with Gasteiger partial charge in [0.15, 0.2) is 0 Å². The van der Waals surface area contributed by atoms with E-state index in [1.165, 1.54) is 7.11 Å². The summed E-state index contributed by atoms with van der Waals surface area (Å²) in [6, 6.07) is 4.76. The van der Waals surface area contributed by atoms with Gasteiger partial charge in [-0.1, -0.05) is 0 Å². The molecule has 0 aromatic heterocycles. The Morgan fingerprint density at radius 2 is 2.21 bits per heavy atom. The summed E-state index contributed by atoms with van der Waals surface area (Å²) in [5.74, 6) is 0.359. The zero-order chi connectivity index (χ0) is 14.3. The molecule has 0 saturated carbocycles. The second-order valence-electron chi connectivity index (χ2n) is 3.78. The summed E-state index contributed by atoms with van der Waals surface area (Å²) < 4.78 is 15.4. The molecule has 0 heterocycles. The van der Waals surface area contributed by atoms with Gasteiger partial charge >= 0.3 is 5.97 Å². The fourth-order valence-electron chi connectivity index (χ4n) is 1.38. The summed E-state index contributed by atoms with van der Waals surface area (Å²) in [5.41, 5.74) is 5.58. The van der Waals surface area contributed by atoms with Gasteiger partial charge in [-0.2, -0.15) is 0 Å². The zero-order valence-electron chi connectivity index (χ0n) is 11.1. The summed E-state index contributed by atoms with van der Waals surface area (Å²) in [4.78, 5) is 11.7. The number of rotatable bonds is 7. The van der Waals surface area contributed by atoms with Gasteiger partial charge in [0, 0.05) is 12.6 Å². The van der Waals surface area contributed by atoms with Crippen molar-refractivity contribution in [2.45, 2.75) is 13.0 Å². The normalized spacial score (nSPS) is 11.8. The van der Waals surface area contributed by atoms with Crippen molar-refractivity contribution in [1.29, 1.82) is 0 Å². The largest absolute Gasteiger partial charge is 0.497 e. The number of hydrogen-bond donors (Lipinski definition) is 2. The topological polar surface area (TPSA) is 91.0 Å². The molecule has 0 aliphatic carbocycles. The van der Waals surface area contributed by atoms with E-state index in [4.69, 9.17) is 19.9 Å². The number of benzene rings is 1. The molecule has 0 bridgehead atoms. The Morgan fingerprint density at radius 1 is 1.47 bits per heavy atom. The number of carbonyl (C=O) groups excluding carboxylic acids is 1. The molecule has 1 atom stereocenters. The van der Waals surface area contributed by atoms with Gasteiger partial charge in [-0.25, -0.2) is 4.79 Å². The quantitative estimate of drug-likeness (QED) is 0.703. The number of methoxy groups -OCH3 is 1. The molecule has 0 radical (unpaired) electrons. The Bertz CT molecular complexity index is 421. The van der Waals surface area contributed by atoms with E-state index in [1.54, 1.807) is 25.1 Å². The molecule has 1 rings (SSSR count). The number of esters is 1. The molecule has 0 aliphatic rings. The van der Waals surface area contributed by atoms with Crippen LogP contribution in [-0.4, -0.2) is 44.0 Å². The van der Waals surface area contributed by atoms with Crippen molar-refractivity contribution in [3.63, 3.8) is 0 Å². The SMILES string of the molecule is CCOC(=O)c1ccc(OC)cc1OCC(O)CN. The molecular formula is C13H19NO5. The predicted octanol–water partition coefficient (Wildman–Crippen LogP) is 0.570. The van der Waals surface area contributed by atoms with Crippen LogP contribution in [0.4, 0.5) is 0 Å². The number of nitrogens with two attached hydrogens (primary N) is 1. The van der Waals surface area contributed by atoms with Crippen LogP contribution < -0.4 is 15.2 Å². The monoisotopic (exact) mass is 269 g/mol. The average Bonchev–Trinajstić information content (AvgIpc) is 2.44. The van der Waals surface area contributed by atoms with Crippen LogP contribution in [0.1, 0.15) is 17.3 Å². The Balaban J connectivity index is 2.92. The lowest BCUT2D eigenvalue weighted by Gasteiger charge is -2.14. The van der Waals surface area contributed by atoms with Crippen molar-refractivity contribution in [3.05, 3.63) is 23.8 Å². The zero-order valence-corrected chi connectivity index (χ0v) is 11.1. The molecule has 0 aliphatic heterocycles. The van der Waals surface area contributed by atoms with Crippen LogP contribution >= 0.6 is 0 Å². The standard InChI is InChI=1S/C13H19NO5/c1-3-18-13(16)11-5-4-10(17-2)6-12(11)19-8-9(15)7-14/h4-6,9,15H,3,7-8,14H2,1-2H3. The summed E-state index contributed by atoms with van der Waals surface area (Å²) in [5, 5.41) is 9.38. The molecule has 1 unspecified atom stereocenters. The summed E-state index contributed by atoms with van der Waals surface area (Å²) in [6.07, 6.45) is -0.791. The minimum Gasteiger partial charge on any atom is -0.497 e. The van der Waals surface area contributed by atoms with Crippen LogP contribution in [0, 0.1) is 0 Å². The first kappa shape index (κ1) is 15.3. The fraction of sp³-hybridized carbons (Fsp3) is 0.462. The number of carbonyl (C=O) groups is 1. The fourth-order valence-corrected chi connectivity index (χ4v) is 1.38. The number of hydrogen-bond acceptors (Lipinski definition) is 6. The molecule has 0 amide bonds. The highest BCUT2D eigenvalue weighted by molar-refractivity contribution is 5.92. The molecule has 0 saturated heterocycles. The number of aliphatic hydroxyl groups excluding tert-OH is 1. The Kier molecular flexibility index (Phi) is 6.11. The van der Waals surface area contributed by atoms with E-state index in [9.17, 15) is 9.90 Å². The van der Waals surface area contributed by atoms with E-state index in [-0.39, 0.29) is 25.3 Å². The molecule has 1 aromatic carbocycles. The second kappa shape index (κ2) is 7.60. The molecule has 0 spiro atoms. The molecule has 3 N–H and O–H groups in total. The first-order valence-corrected chi connectivity index (χ1v) is 5.98. The smallest absolute Gasteiger partial charge is 0.341 e. The lowest BCUT2D eigenvalue weighted by atomic mass is 10.2. The summed E-state index contributed by atoms with van der Waals surface area (Å²) >= 11 is 0. The third-order valence-electron chi connectivity index (χ3n) is 2.39. The van der Waals surface area contributed by atoms with E-state index < -0.39 is 12.1 Å². The lowest BCUT2D eigenvalue weighted by molar-refractivity contribution is 0.0516. The summed E-state index contributed by atoms with van der Waals surface area (Å²) in [6.45, 7) is 2.07. The van der Waals surface area contributed by atoms with E-state index in [0.29, 0.717) is 11.5 Å². The van der Waals surface area contributed by atoms with Crippen molar-refractivity contribution < 1.29 is 24.1 Å². The van der Waals surface area contributed by atoms with E-state index in [1.807, 2.05) is 0 Å². The molecule has 19 heavy (non-hydrogen) atoms. The highest BCUT2D eigenvalue weighted by Gasteiger charge is 2.15. The maximum atomic E-state index is 11.7. The lowest BCUT2D eigenvalue weighted by Crippen LogP contribution is -2.27. The maximum Gasteiger partial charge on any atom is 0.341 e. The third kappa shape index (κ3) is 4.42. The van der Waals surface area contributed by atoms with Gasteiger partial charge in [-0.05, 0) is 19.1 Å². The van der Waals surface area contributed by atoms with Crippen LogP contribution in [0.3, 0.4) is 0 Å². The van der Waals surface area contributed by atoms with Gasteiger partial charge in [0.2, 0.25) is 0 Å². The Morgan fingerprint density at radius 3 is 2.79 bits per heavy atom. The molecule has 6 nitrogen and oxygen atoms in total. The summed E-state index contributed by atoms with van der Waals surface area (Å²) in [7, 11) is 1.51. The van der Waals surface area contributed by atoms with Gasteiger partial charge in [0.05, 0.1) is 13.7 Å². The Hall–Kier alpha value is -1.79. The van der Waals surface area contributed by atoms with Gasteiger partial charge < -0.3 is 25.1 Å². The van der Waals surface area contributed by atoms with Crippen LogP contribution in [0.25, 0.3) is 0 Å². The number of aliphatic hydroxyl groups is 1. The molecular weight excluding hydrogens is 250 g/mol. The van der Waals surface area contributed by atoms with Gasteiger partial charge in [-0.15, -0.1) is 0 Å². The van der Waals surface area contributed by atoms with Crippen molar-refractivity contribution in [1.82, 2.24) is 0 Å². The molecule has 1 aromatic rings. The highest BCUT2D eigenvalue weighted by Crippen LogP contribution is 2.25. The van der Waals surface area contributed by atoms with Crippen molar-refractivity contribution >= 4 is 5.97 Å². The predicted molar refractivity (Wildman–Crippen MR) is 69.5 cm³/mol. The van der Waals surface area contributed by atoms with E-state index in [0.717, 1.165) is 0 Å². The number of ether oxygens (including phenoxy) is 3. The first-order chi connectivity index (χ1) is 9.12. The highest BCUT2D eigenvalue weighted by atomic mass is 16.5. The Labute approximate surface area is 112 Å². The van der Waals surface area contributed by atoms with Crippen LogP contribution in [0.5, 0.6) is 11.5 Å². The van der Waals surface area contributed by atoms with Gasteiger partial charge in [-0.3, -0.25) is 0 Å². The van der Waals surface area contributed by atoms with E-state index in [2.05, 4.69) is 0 Å². The van der Waals surface area contributed by atoms with Crippen LogP contribution in [0.2, 0.25) is 0 Å². The van der Waals surface area contributed by atoms with Crippen molar-refractivity contribution in [3.8, 4) is 11.5 Å². The van der Waals surface area contributed by atoms with Gasteiger partial charge in [0.1, 0.15) is 29.8 Å². The van der Waals surface area contributed by atoms with Crippen molar-refractivity contribution in [2.75, 3.05) is 26.9 Å². The average molecular weight is 269 g/mol. The van der Waals surface area contributed by atoms with Crippen molar-refractivity contribution in [2.24, 2.45) is 5.73 Å². The van der Waals surface area contributed by atoms with Gasteiger partial charge in [0.25, 0.3) is 0 Å². The minimum absolute atomic E-state index is 0.00390. The molecule has 106 valence electrons. The minimum atomic E-state index is -0.791. The third-order valence-corrected chi connectivity index (χ3v) is 2.39. The molecule has 0 fully saturated rings. The van der Waals surface area contributed by atoms with Crippen LogP contribution in [-0.2, 0) is 4.74 Å². The second-order valence-corrected chi connectivity index (χ2v) is 3.78. The van der Waals surface area contributed by atoms with Crippen LogP contribution in [0.15, 0.2) is 18.2 Å². The van der Waals surface area contributed by atoms with E-state index >= 15 is 0 Å². The maximum absolute atomic E-state index is 11.7. The molecule has 6 heteroatoms. The first-order valence-electron chi connectivity index (χ1n) is 5.98.